The number of carbonyl (C=O) groups excluding carboxylic acids is 2. The minimum atomic E-state index is -0.876. The average Bonchev–Trinajstić information content (AvgIpc) is 3.46. The summed E-state index contributed by atoms with van der Waals surface area (Å²) >= 11 is 1.37. The Balaban J connectivity index is 1.73. The van der Waals surface area contributed by atoms with E-state index in [1.165, 1.54) is 22.3 Å². The van der Waals surface area contributed by atoms with Crippen LogP contribution in [-0.4, -0.2) is 28.7 Å². The fourth-order valence-corrected chi connectivity index (χ4v) is 4.89. The van der Waals surface area contributed by atoms with Crippen molar-refractivity contribution in [2.45, 2.75) is 13.0 Å². The lowest BCUT2D eigenvalue weighted by molar-refractivity contribution is -0.132. The van der Waals surface area contributed by atoms with Gasteiger partial charge in [-0.2, -0.15) is 0 Å². The second-order valence-electron chi connectivity index (χ2n) is 7.19. The van der Waals surface area contributed by atoms with Gasteiger partial charge in [0.15, 0.2) is 11.5 Å². The molecule has 0 aliphatic carbocycles. The maximum Gasteiger partial charge on any atom is 0.300 e. The molecule has 0 bridgehead atoms. The molecule has 3 aromatic rings. The second kappa shape index (κ2) is 7.17. The van der Waals surface area contributed by atoms with Crippen molar-refractivity contribution in [3.8, 4) is 17.2 Å². The van der Waals surface area contributed by atoms with E-state index in [1.807, 2.05) is 18.4 Å². The van der Waals surface area contributed by atoms with Crippen LogP contribution in [0, 0.1) is 6.92 Å². The van der Waals surface area contributed by atoms with Crippen molar-refractivity contribution in [1.29, 1.82) is 0 Å². The third kappa shape index (κ3) is 2.95. The number of aromatic hydroxyl groups is 1. The maximum absolute atomic E-state index is 13.1. The summed E-state index contributed by atoms with van der Waals surface area (Å²) in [5.74, 6) is -1.10. The summed E-state index contributed by atoms with van der Waals surface area (Å²) in [4.78, 5) is 28.2. The SMILES string of the molecule is Cc1ccsc1C1/C(=C(/O)c2ccc3c(c2)OCO3)C(=O)C(=O)N1c1ccccc1O. The molecule has 0 spiro atoms. The second-order valence-corrected chi connectivity index (χ2v) is 8.14. The molecular formula is C23H17NO6S. The van der Waals surface area contributed by atoms with Crippen molar-refractivity contribution in [3.63, 3.8) is 0 Å². The van der Waals surface area contributed by atoms with E-state index < -0.39 is 17.7 Å². The number of phenols is 1. The standard InChI is InChI=1S/C23H17NO6S/c1-12-8-9-31-22(12)19-18(20(26)13-6-7-16-17(10-13)30-11-29-16)21(27)23(28)24(19)14-4-2-3-5-15(14)25/h2-10,19,25-26H,11H2,1H3/b20-18-. The molecule has 8 heteroatoms. The quantitative estimate of drug-likeness (QED) is 0.365. The number of Topliss-reactive ketones (excluding diaryl/α,β-unsaturated/α-hetero) is 1. The molecule has 2 aliphatic rings. The van der Waals surface area contributed by atoms with Crippen molar-refractivity contribution in [2.75, 3.05) is 11.7 Å². The summed E-state index contributed by atoms with van der Waals surface area (Å²) in [5, 5.41) is 23.4. The number of hydrogen-bond donors (Lipinski definition) is 2. The third-order valence-corrected chi connectivity index (χ3v) is 6.45. The van der Waals surface area contributed by atoms with Gasteiger partial charge >= 0.3 is 0 Å². The molecule has 3 heterocycles. The smallest absolute Gasteiger partial charge is 0.300 e. The van der Waals surface area contributed by atoms with E-state index in [4.69, 9.17) is 9.47 Å². The predicted molar refractivity (Wildman–Crippen MR) is 115 cm³/mol. The van der Waals surface area contributed by atoms with Gasteiger partial charge < -0.3 is 19.7 Å². The van der Waals surface area contributed by atoms with Crippen molar-refractivity contribution in [1.82, 2.24) is 0 Å². The Labute approximate surface area is 181 Å². The van der Waals surface area contributed by atoms with Gasteiger partial charge in [0.05, 0.1) is 11.3 Å². The molecule has 31 heavy (non-hydrogen) atoms. The number of fused-ring (bicyclic) bond motifs is 1. The highest BCUT2D eigenvalue weighted by atomic mass is 32.1. The van der Waals surface area contributed by atoms with Crippen LogP contribution in [0.1, 0.15) is 22.0 Å². The zero-order valence-electron chi connectivity index (χ0n) is 16.4. The van der Waals surface area contributed by atoms with E-state index in [0.717, 1.165) is 10.4 Å². The number of ketones is 1. The topological polar surface area (TPSA) is 96.3 Å². The largest absolute Gasteiger partial charge is 0.507 e. The fourth-order valence-electron chi connectivity index (χ4n) is 3.86. The Hall–Kier alpha value is -3.78. The van der Waals surface area contributed by atoms with Crippen molar-refractivity contribution >= 4 is 34.5 Å². The summed E-state index contributed by atoms with van der Waals surface area (Å²) in [6, 6.07) is 12.1. The monoisotopic (exact) mass is 435 g/mol. The molecule has 1 fully saturated rings. The van der Waals surface area contributed by atoms with Crippen LogP contribution in [0.5, 0.6) is 17.2 Å². The Morgan fingerprint density at radius 1 is 1.10 bits per heavy atom. The van der Waals surface area contributed by atoms with Crippen LogP contribution in [-0.2, 0) is 9.59 Å². The van der Waals surface area contributed by atoms with Crippen LogP contribution in [0.25, 0.3) is 5.76 Å². The number of rotatable bonds is 3. The molecule has 1 unspecified atom stereocenters. The van der Waals surface area contributed by atoms with Gasteiger partial charge in [-0.25, -0.2) is 0 Å². The summed E-state index contributed by atoms with van der Waals surface area (Å²) in [7, 11) is 0. The van der Waals surface area contributed by atoms with Crippen LogP contribution >= 0.6 is 11.3 Å². The molecule has 1 atom stereocenters. The summed E-state index contributed by atoms with van der Waals surface area (Å²) in [6.07, 6.45) is 0. The lowest BCUT2D eigenvalue weighted by Gasteiger charge is -2.25. The van der Waals surface area contributed by atoms with Crippen molar-refractivity contribution in [3.05, 3.63) is 75.5 Å². The Bertz CT molecular complexity index is 1260. The highest BCUT2D eigenvalue weighted by Crippen LogP contribution is 2.47. The number of ether oxygens (including phenoxy) is 2. The van der Waals surface area contributed by atoms with E-state index in [2.05, 4.69) is 0 Å². The number of hydrogen-bond acceptors (Lipinski definition) is 7. The third-order valence-electron chi connectivity index (χ3n) is 5.38. The predicted octanol–water partition coefficient (Wildman–Crippen LogP) is 4.12. The van der Waals surface area contributed by atoms with Gasteiger partial charge in [0.2, 0.25) is 6.79 Å². The van der Waals surface area contributed by atoms with Gasteiger partial charge in [-0.15, -0.1) is 11.3 Å². The zero-order valence-corrected chi connectivity index (χ0v) is 17.2. The maximum atomic E-state index is 13.1. The minimum Gasteiger partial charge on any atom is -0.507 e. The molecule has 1 amide bonds. The number of thiophene rings is 1. The first kappa shape index (κ1) is 19.2. The average molecular weight is 435 g/mol. The zero-order chi connectivity index (χ0) is 21.7. The molecule has 2 aliphatic heterocycles. The number of carbonyl (C=O) groups is 2. The molecule has 7 nitrogen and oxygen atoms in total. The van der Waals surface area contributed by atoms with Gasteiger partial charge in [0.1, 0.15) is 17.6 Å². The highest BCUT2D eigenvalue weighted by molar-refractivity contribution is 7.10. The van der Waals surface area contributed by atoms with E-state index >= 15 is 0 Å². The lowest BCUT2D eigenvalue weighted by atomic mass is 9.98. The molecule has 0 saturated carbocycles. The number of anilines is 1. The van der Waals surface area contributed by atoms with Crippen LogP contribution in [0.15, 0.2) is 59.5 Å². The number of phenolic OH excluding ortho intramolecular Hbond substituents is 1. The molecule has 1 aromatic heterocycles. The number of amides is 1. The van der Waals surface area contributed by atoms with Crippen LogP contribution < -0.4 is 14.4 Å². The molecule has 5 rings (SSSR count). The Kier molecular flexibility index (Phi) is 4.44. The molecule has 2 aromatic carbocycles. The lowest BCUT2D eigenvalue weighted by Crippen LogP contribution is -2.29. The minimum absolute atomic E-state index is 0.0438. The van der Waals surface area contributed by atoms with Crippen molar-refractivity contribution in [2.24, 2.45) is 0 Å². The highest BCUT2D eigenvalue weighted by Gasteiger charge is 2.48. The van der Waals surface area contributed by atoms with Crippen LogP contribution in [0.4, 0.5) is 5.69 Å². The Morgan fingerprint density at radius 2 is 1.87 bits per heavy atom. The summed E-state index contributed by atoms with van der Waals surface area (Å²) < 4.78 is 10.7. The van der Waals surface area contributed by atoms with E-state index in [0.29, 0.717) is 17.1 Å². The molecule has 0 radical (unpaired) electrons. The normalized spacial score (nSPS) is 19.3. The number of benzene rings is 2. The number of aliphatic hydroxyl groups excluding tert-OH is 1. The van der Waals surface area contributed by atoms with Gasteiger partial charge in [-0.3, -0.25) is 14.5 Å². The molecule has 1 saturated heterocycles. The summed E-state index contributed by atoms with van der Waals surface area (Å²) in [6.45, 7) is 1.95. The van der Waals surface area contributed by atoms with Gasteiger partial charge in [0, 0.05) is 10.4 Å². The number of para-hydroxylation sites is 2. The first-order valence-corrected chi connectivity index (χ1v) is 10.4. The van der Waals surface area contributed by atoms with Crippen LogP contribution in [0.2, 0.25) is 0 Å². The Morgan fingerprint density at radius 3 is 2.61 bits per heavy atom. The number of aryl methyl sites for hydroxylation is 1. The van der Waals surface area contributed by atoms with Gasteiger partial charge in [-0.05, 0) is 54.3 Å². The van der Waals surface area contributed by atoms with E-state index in [-0.39, 0.29) is 29.6 Å². The van der Waals surface area contributed by atoms with E-state index in [1.54, 1.807) is 36.4 Å². The van der Waals surface area contributed by atoms with Crippen molar-refractivity contribution < 1.29 is 29.3 Å². The first-order chi connectivity index (χ1) is 15.0. The van der Waals surface area contributed by atoms with Gasteiger partial charge in [-0.1, -0.05) is 12.1 Å². The van der Waals surface area contributed by atoms with Gasteiger partial charge in [0.25, 0.3) is 11.7 Å². The number of aliphatic hydroxyl groups is 1. The van der Waals surface area contributed by atoms with E-state index in [9.17, 15) is 19.8 Å². The summed E-state index contributed by atoms with van der Waals surface area (Å²) in [5.41, 5.74) is 1.36. The molecule has 156 valence electrons. The molecular weight excluding hydrogens is 418 g/mol. The first-order valence-electron chi connectivity index (χ1n) is 9.50. The fraction of sp³-hybridized carbons (Fsp3) is 0.130. The molecule has 2 N–H and O–H groups in total. The van der Waals surface area contributed by atoms with Crippen LogP contribution in [0.3, 0.4) is 0 Å². The number of nitrogens with zero attached hydrogens (tertiary/aromatic N) is 1.